The number of aldehydes is 1. The van der Waals surface area contributed by atoms with Crippen LogP contribution in [0.2, 0.25) is 0 Å². The Morgan fingerprint density at radius 3 is 2.75 bits per heavy atom. The van der Waals surface area contributed by atoms with Crippen molar-refractivity contribution < 1.29 is 4.79 Å². The maximum atomic E-state index is 9.81. The number of hydrogen-bond donors (Lipinski definition) is 0. The van der Waals surface area contributed by atoms with Gasteiger partial charge in [-0.3, -0.25) is 4.79 Å². The largest absolute Gasteiger partial charge is 0.297 e. The van der Waals surface area contributed by atoms with Gasteiger partial charge in [0.05, 0.1) is 5.03 Å². The van der Waals surface area contributed by atoms with E-state index in [1.807, 2.05) is 6.92 Å². The summed E-state index contributed by atoms with van der Waals surface area (Å²) in [6.07, 6.45) is 4.29. The van der Waals surface area contributed by atoms with Crippen molar-refractivity contribution in [3.8, 4) is 0 Å². The third kappa shape index (κ3) is 3.88. The van der Waals surface area contributed by atoms with Crippen LogP contribution in [0.25, 0.3) is 0 Å². The van der Waals surface area contributed by atoms with E-state index in [2.05, 4.69) is 0 Å². The van der Waals surface area contributed by atoms with Gasteiger partial charge in [-0.15, -0.1) is 0 Å². The molecule has 8 heavy (non-hydrogen) atoms. The van der Waals surface area contributed by atoms with Crippen LogP contribution in [-0.4, -0.2) is 6.29 Å². The van der Waals surface area contributed by atoms with Gasteiger partial charge in [-0.1, -0.05) is 31.0 Å². The van der Waals surface area contributed by atoms with E-state index in [9.17, 15) is 4.79 Å². The van der Waals surface area contributed by atoms with Crippen molar-refractivity contribution in [2.45, 2.75) is 19.8 Å². The molecular formula is C6H9ClO. The van der Waals surface area contributed by atoms with Gasteiger partial charge in [0, 0.05) is 0 Å². The third-order valence-electron chi connectivity index (χ3n) is 0.741. The van der Waals surface area contributed by atoms with E-state index >= 15 is 0 Å². The zero-order valence-electron chi connectivity index (χ0n) is 4.86. The van der Waals surface area contributed by atoms with Crippen molar-refractivity contribution in [3.05, 3.63) is 11.1 Å². The minimum atomic E-state index is 0.312. The molecule has 0 saturated carbocycles. The molecule has 1 nitrogen and oxygen atoms in total. The van der Waals surface area contributed by atoms with E-state index in [1.54, 1.807) is 6.08 Å². The van der Waals surface area contributed by atoms with Crippen LogP contribution in [0.1, 0.15) is 19.8 Å². The summed E-state index contributed by atoms with van der Waals surface area (Å²) in [5, 5.41) is 0.312. The number of carbonyl (C=O) groups is 1. The van der Waals surface area contributed by atoms with Gasteiger partial charge < -0.3 is 0 Å². The summed E-state index contributed by atoms with van der Waals surface area (Å²) < 4.78 is 0. The predicted octanol–water partition coefficient (Wildman–Crippen LogP) is 2.11. The van der Waals surface area contributed by atoms with Gasteiger partial charge in [0.2, 0.25) is 0 Å². The highest BCUT2D eigenvalue weighted by atomic mass is 35.5. The average Bonchev–Trinajstić information content (AvgIpc) is 1.83. The van der Waals surface area contributed by atoms with Gasteiger partial charge in [0.1, 0.15) is 0 Å². The molecule has 0 bridgehead atoms. The first-order valence-electron chi connectivity index (χ1n) is 2.62. The Morgan fingerprint density at radius 1 is 1.75 bits per heavy atom. The molecule has 0 heterocycles. The van der Waals surface area contributed by atoms with E-state index in [1.165, 1.54) is 0 Å². The monoisotopic (exact) mass is 132 g/mol. The molecule has 0 unspecified atom stereocenters. The number of hydrogen-bond acceptors (Lipinski definition) is 1. The van der Waals surface area contributed by atoms with Crippen molar-refractivity contribution >= 4 is 17.9 Å². The highest BCUT2D eigenvalue weighted by Crippen LogP contribution is 1.99. The molecule has 0 aliphatic carbocycles. The van der Waals surface area contributed by atoms with Crippen LogP contribution in [0.4, 0.5) is 0 Å². The van der Waals surface area contributed by atoms with E-state index in [-0.39, 0.29) is 0 Å². The Hall–Kier alpha value is -0.300. The summed E-state index contributed by atoms with van der Waals surface area (Å²) >= 11 is 5.34. The van der Waals surface area contributed by atoms with Crippen molar-refractivity contribution in [2.75, 3.05) is 0 Å². The van der Waals surface area contributed by atoms with Crippen LogP contribution in [0.3, 0.4) is 0 Å². The smallest absolute Gasteiger partial charge is 0.161 e. The summed E-state index contributed by atoms with van der Waals surface area (Å²) in [4.78, 5) is 9.81. The molecule has 0 rings (SSSR count). The van der Waals surface area contributed by atoms with Crippen LogP contribution < -0.4 is 0 Å². The van der Waals surface area contributed by atoms with Gasteiger partial charge >= 0.3 is 0 Å². The summed E-state index contributed by atoms with van der Waals surface area (Å²) in [5.74, 6) is 0. The normalized spacial score (nSPS) is 11.5. The summed E-state index contributed by atoms with van der Waals surface area (Å²) in [5.41, 5.74) is 0. The minimum absolute atomic E-state index is 0.312. The van der Waals surface area contributed by atoms with Gasteiger partial charge in [-0.2, -0.15) is 0 Å². The Kier molecular flexibility index (Phi) is 4.67. The first-order chi connectivity index (χ1) is 3.81. The Labute approximate surface area is 54.3 Å². The second kappa shape index (κ2) is 4.85. The molecule has 0 aliphatic heterocycles. The molecule has 0 amide bonds. The fourth-order valence-corrected chi connectivity index (χ4v) is 0.439. The Morgan fingerprint density at radius 2 is 2.38 bits per heavy atom. The van der Waals surface area contributed by atoms with Crippen LogP contribution in [0, 0.1) is 0 Å². The summed E-state index contributed by atoms with van der Waals surface area (Å²) in [7, 11) is 0. The fourth-order valence-electron chi connectivity index (χ4n) is 0.330. The van der Waals surface area contributed by atoms with Gasteiger partial charge in [0.25, 0.3) is 0 Å². The number of carbonyl (C=O) groups excluding carboxylic acids is 1. The van der Waals surface area contributed by atoms with Crippen molar-refractivity contribution in [2.24, 2.45) is 0 Å². The van der Waals surface area contributed by atoms with Crippen molar-refractivity contribution in [3.63, 3.8) is 0 Å². The zero-order chi connectivity index (χ0) is 6.41. The third-order valence-corrected chi connectivity index (χ3v) is 0.984. The lowest BCUT2D eigenvalue weighted by molar-refractivity contribution is -0.104. The molecule has 0 saturated heterocycles. The molecule has 0 aliphatic rings. The molecule has 0 fully saturated rings. The number of allylic oxidation sites excluding steroid dienone is 2. The molecular weight excluding hydrogens is 124 g/mol. The molecule has 0 aromatic carbocycles. The lowest BCUT2D eigenvalue weighted by Crippen LogP contribution is -1.70. The Balaban J connectivity index is 3.40. The van der Waals surface area contributed by atoms with Gasteiger partial charge in [0.15, 0.2) is 6.29 Å². The second-order valence-electron chi connectivity index (χ2n) is 1.50. The highest BCUT2D eigenvalue weighted by Gasteiger charge is 1.82. The maximum Gasteiger partial charge on any atom is 0.161 e. The van der Waals surface area contributed by atoms with Crippen molar-refractivity contribution in [1.29, 1.82) is 0 Å². The topological polar surface area (TPSA) is 17.1 Å². The van der Waals surface area contributed by atoms with E-state index in [4.69, 9.17) is 11.6 Å². The van der Waals surface area contributed by atoms with Crippen LogP contribution in [0.5, 0.6) is 0 Å². The van der Waals surface area contributed by atoms with Crippen LogP contribution in [-0.2, 0) is 4.79 Å². The maximum absolute atomic E-state index is 9.81. The number of unbranched alkanes of at least 4 members (excludes halogenated alkanes) is 1. The zero-order valence-corrected chi connectivity index (χ0v) is 5.61. The van der Waals surface area contributed by atoms with Gasteiger partial charge in [-0.25, -0.2) is 0 Å². The molecule has 0 atom stereocenters. The molecule has 0 N–H and O–H groups in total. The fraction of sp³-hybridized carbons (Fsp3) is 0.500. The SMILES string of the molecule is CCCC=C(Cl)C=O. The molecule has 0 aromatic heterocycles. The van der Waals surface area contributed by atoms with E-state index in [0.29, 0.717) is 11.3 Å². The minimum Gasteiger partial charge on any atom is -0.297 e. The quantitative estimate of drug-likeness (QED) is 0.425. The van der Waals surface area contributed by atoms with Crippen LogP contribution >= 0.6 is 11.6 Å². The number of rotatable bonds is 3. The summed E-state index contributed by atoms with van der Waals surface area (Å²) in [6.45, 7) is 2.03. The number of halogens is 1. The molecule has 0 spiro atoms. The highest BCUT2D eigenvalue weighted by molar-refractivity contribution is 6.38. The average molecular weight is 133 g/mol. The molecule has 2 heteroatoms. The van der Waals surface area contributed by atoms with E-state index in [0.717, 1.165) is 12.8 Å². The van der Waals surface area contributed by atoms with E-state index < -0.39 is 0 Å². The lowest BCUT2D eigenvalue weighted by atomic mass is 10.3. The summed E-state index contributed by atoms with van der Waals surface area (Å²) in [6, 6.07) is 0. The molecule has 46 valence electrons. The predicted molar refractivity (Wildman–Crippen MR) is 34.9 cm³/mol. The van der Waals surface area contributed by atoms with Crippen LogP contribution in [0.15, 0.2) is 11.1 Å². The standard InChI is InChI=1S/C6H9ClO/c1-2-3-4-6(7)5-8/h4-5H,2-3H2,1H3. The second-order valence-corrected chi connectivity index (χ2v) is 1.93. The van der Waals surface area contributed by atoms with Crippen molar-refractivity contribution in [1.82, 2.24) is 0 Å². The lowest BCUT2D eigenvalue weighted by Gasteiger charge is -1.82. The molecule has 0 radical (unpaired) electrons. The Bertz CT molecular complexity index is 96.7. The van der Waals surface area contributed by atoms with Gasteiger partial charge in [-0.05, 0) is 6.42 Å². The first kappa shape index (κ1) is 7.70. The first-order valence-corrected chi connectivity index (χ1v) is 3.00. The molecule has 0 aromatic rings.